The quantitative estimate of drug-likeness (QED) is 0.557. The maximum Gasteiger partial charge on any atom is 0.180 e. The first-order chi connectivity index (χ1) is 9.83. The Bertz CT molecular complexity index is 551. The standard InChI is InChI=1S/C15H23NO3S2/c1-12(2)4-3-9-19-10-11-21(17,18)14-7-5-13(6-8-14)15(16)20/h5-8,12H,3-4,9-11H2,1-2H3,(H2,16,20). The fourth-order valence-corrected chi connectivity index (χ4v) is 3.07. The van der Waals surface area contributed by atoms with Gasteiger partial charge in [0, 0.05) is 12.2 Å². The number of rotatable bonds is 9. The van der Waals surface area contributed by atoms with E-state index >= 15 is 0 Å². The average Bonchev–Trinajstić information content (AvgIpc) is 2.42. The molecule has 0 aliphatic heterocycles. The van der Waals surface area contributed by atoms with E-state index in [0.717, 1.165) is 12.8 Å². The zero-order valence-corrected chi connectivity index (χ0v) is 14.2. The molecule has 0 radical (unpaired) electrons. The third-order valence-electron chi connectivity index (χ3n) is 3.06. The molecule has 0 saturated carbocycles. The minimum Gasteiger partial charge on any atom is -0.389 e. The number of hydrogen-bond acceptors (Lipinski definition) is 4. The van der Waals surface area contributed by atoms with E-state index in [2.05, 4.69) is 13.8 Å². The smallest absolute Gasteiger partial charge is 0.180 e. The molecule has 1 aromatic rings. The molecule has 0 spiro atoms. The van der Waals surface area contributed by atoms with Crippen LogP contribution in [0.5, 0.6) is 0 Å². The first-order valence-corrected chi connectivity index (χ1v) is 9.09. The van der Waals surface area contributed by atoms with Gasteiger partial charge in [-0.3, -0.25) is 0 Å². The minimum atomic E-state index is -3.32. The van der Waals surface area contributed by atoms with Crippen molar-refractivity contribution in [1.29, 1.82) is 0 Å². The van der Waals surface area contributed by atoms with Gasteiger partial charge in [0.2, 0.25) is 0 Å². The molecule has 0 fully saturated rings. The topological polar surface area (TPSA) is 69.4 Å². The molecular formula is C15H23NO3S2. The number of sulfone groups is 1. The molecule has 0 atom stereocenters. The molecule has 2 N–H and O–H groups in total. The maximum atomic E-state index is 12.1. The third-order valence-corrected chi connectivity index (χ3v) is 4.99. The second kappa shape index (κ2) is 8.46. The van der Waals surface area contributed by atoms with Crippen molar-refractivity contribution in [3.8, 4) is 0 Å². The van der Waals surface area contributed by atoms with Gasteiger partial charge in [-0.1, -0.05) is 38.2 Å². The van der Waals surface area contributed by atoms with Crippen LogP contribution in [0.4, 0.5) is 0 Å². The lowest BCUT2D eigenvalue weighted by atomic mass is 10.1. The van der Waals surface area contributed by atoms with E-state index in [1.54, 1.807) is 12.1 Å². The van der Waals surface area contributed by atoms with Crippen LogP contribution in [0.15, 0.2) is 29.2 Å². The summed E-state index contributed by atoms with van der Waals surface area (Å²) < 4.78 is 29.6. The fourth-order valence-electron chi connectivity index (χ4n) is 1.81. The Balaban J connectivity index is 2.44. The molecule has 0 aromatic heterocycles. The van der Waals surface area contributed by atoms with Gasteiger partial charge in [0.05, 0.1) is 17.3 Å². The van der Waals surface area contributed by atoms with Gasteiger partial charge in [-0.2, -0.15) is 0 Å². The van der Waals surface area contributed by atoms with Crippen molar-refractivity contribution >= 4 is 27.0 Å². The van der Waals surface area contributed by atoms with E-state index < -0.39 is 9.84 Å². The number of benzene rings is 1. The highest BCUT2D eigenvalue weighted by Gasteiger charge is 2.14. The summed E-state index contributed by atoms with van der Waals surface area (Å²) >= 11 is 4.84. The lowest BCUT2D eigenvalue weighted by Gasteiger charge is -2.08. The molecule has 0 amide bonds. The van der Waals surface area contributed by atoms with Gasteiger partial charge in [0.15, 0.2) is 9.84 Å². The summed E-state index contributed by atoms with van der Waals surface area (Å²) in [5.41, 5.74) is 6.14. The van der Waals surface area contributed by atoms with Crippen molar-refractivity contribution in [3.63, 3.8) is 0 Å². The monoisotopic (exact) mass is 329 g/mol. The van der Waals surface area contributed by atoms with E-state index in [4.69, 9.17) is 22.7 Å². The van der Waals surface area contributed by atoms with E-state index in [-0.39, 0.29) is 22.2 Å². The summed E-state index contributed by atoms with van der Waals surface area (Å²) in [4.78, 5) is 0.528. The van der Waals surface area contributed by atoms with Gasteiger partial charge in [-0.05, 0) is 30.9 Å². The summed E-state index contributed by atoms with van der Waals surface area (Å²) in [5, 5.41) is 0. The summed E-state index contributed by atoms with van der Waals surface area (Å²) in [6.45, 7) is 5.13. The van der Waals surface area contributed by atoms with Crippen LogP contribution in [0, 0.1) is 5.92 Å². The lowest BCUT2D eigenvalue weighted by Crippen LogP contribution is -2.14. The average molecular weight is 329 g/mol. The Kier molecular flexibility index (Phi) is 7.28. The van der Waals surface area contributed by atoms with Crippen LogP contribution in [-0.2, 0) is 14.6 Å². The van der Waals surface area contributed by atoms with Gasteiger partial charge in [-0.15, -0.1) is 0 Å². The lowest BCUT2D eigenvalue weighted by molar-refractivity contribution is 0.142. The predicted octanol–water partition coefficient (Wildman–Crippen LogP) is 2.55. The summed E-state index contributed by atoms with van der Waals surface area (Å²) in [6.07, 6.45) is 2.05. The van der Waals surface area contributed by atoms with Gasteiger partial charge < -0.3 is 10.5 Å². The van der Waals surface area contributed by atoms with Gasteiger partial charge >= 0.3 is 0 Å². The van der Waals surface area contributed by atoms with Crippen LogP contribution < -0.4 is 5.73 Å². The SMILES string of the molecule is CC(C)CCCOCCS(=O)(=O)c1ccc(C(N)=S)cc1. The first-order valence-electron chi connectivity index (χ1n) is 7.03. The summed E-state index contributed by atoms with van der Waals surface area (Å²) in [5.74, 6) is 0.630. The molecule has 0 bridgehead atoms. The highest BCUT2D eigenvalue weighted by Crippen LogP contribution is 2.13. The fraction of sp³-hybridized carbons (Fsp3) is 0.533. The number of nitrogens with two attached hydrogens (primary N) is 1. The van der Waals surface area contributed by atoms with Crippen molar-refractivity contribution in [2.75, 3.05) is 19.0 Å². The zero-order valence-electron chi connectivity index (χ0n) is 12.5. The molecule has 4 nitrogen and oxygen atoms in total. The molecule has 118 valence electrons. The maximum absolute atomic E-state index is 12.1. The molecule has 21 heavy (non-hydrogen) atoms. The minimum absolute atomic E-state index is 0.0128. The molecule has 0 unspecified atom stereocenters. The molecule has 0 saturated heterocycles. The Morgan fingerprint density at radius 3 is 2.38 bits per heavy atom. The molecule has 6 heteroatoms. The van der Waals surface area contributed by atoms with Gasteiger partial charge in [0.25, 0.3) is 0 Å². The molecule has 0 heterocycles. The normalized spacial score (nSPS) is 11.8. The zero-order chi connectivity index (χ0) is 15.9. The van der Waals surface area contributed by atoms with E-state index in [1.807, 2.05) is 0 Å². The van der Waals surface area contributed by atoms with Gasteiger partial charge in [0.1, 0.15) is 4.99 Å². The second-order valence-electron chi connectivity index (χ2n) is 5.36. The van der Waals surface area contributed by atoms with Crippen LogP contribution in [0.2, 0.25) is 0 Å². The predicted molar refractivity (Wildman–Crippen MR) is 89.3 cm³/mol. The largest absolute Gasteiger partial charge is 0.389 e. The molecule has 0 aliphatic rings. The summed E-state index contributed by atoms with van der Waals surface area (Å²) in [6, 6.07) is 6.31. The Morgan fingerprint density at radius 1 is 1.24 bits per heavy atom. The Hall–Kier alpha value is -0.980. The highest BCUT2D eigenvalue weighted by molar-refractivity contribution is 7.91. The van der Waals surface area contributed by atoms with Crippen LogP contribution >= 0.6 is 12.2 Å². The van der Waals surface area contributed by atoms with E-state index in [9.17, 15) is 8.42 Å². The van der Waals surface area contributed by atoms with Crippen molar-refractivity contribution in [2.24, 2.45) is 11.7 Å². The Labute approximate surface area is 132 Å². The van der Waals surface area contributed by atoms with Crippen LogP contribution in [-0.4, -0.2) is 32.4 Å². The van der Waals surface area contributed by atoms with Gasteiger partial charge in [-0.25, -0.2) is 8.42 Å². The first kappa shape index (κ1) is 18.1. The van der Waals surface area contributed by atoms with E-state index in [1.165, 1.54) is 12.1 Å². The van der Waals surface area contributed by atoms with Crippen LogP contribution in [0.1, 0.15) is 32.3 Å². The van der Waals surface area contributed by atoms with Crippen molar-refractivity contribution < 1.29 is 13.2 Å². The molecule has 1 rings (SSSR count). The summed E-state index contributed by atoms with van der Waals surface area (Å²) in [7, 11) is -3.32. The number of ether oxygens (including phenoxy) is 1. The van der Waals surface area contributed by atoms with Crippen molar-refractivity contribution in [2.45, 2.75) is 31.6 Å². The highest BCUT2D eigenvalue weighted by atomic mass is 32.2. The number of hydrogen-bond donors (Lipinski definition) is 1. The van der Waals surface area contributed by atoms with Crippen molar-refractivity contribution in [1.82, 2.24) is 0 Å². The number of thiocarbonyl (C=S) groups is 1. The van der Waals surface area contributed by atoms with E-state index in [0.29, 0.717) is 18.1 Å². The Morgan fingerprint density at radius 2 is 1.86 bits per heavy atom. The van der Waals surface area contributed by atoms with Crippen molar-refractivity contribution in [3.05, 3.63) is 29.8 Å². The molecule has 1 aromatic carbocycles. The van der Waals surface area contributed by atoms with Crippen LogP contribution in [0.25, 0.3) is 0 Å². The second-order valence-corrected chi connectivity index (χ2v) is 7.90. The van der Waals surface area contributed by atoms with Crippen LogP contribution in [0.3, 0.4) is 0 Å². The molecule has 0 aliphatic carbocycles. The molecular weight excluding hydrogens is 306 g/mol. The third kappa shape index (κ3) is 6.54.